The summed E-state index contributed by atoms with van der Waals surface area (Å²) in [4.78, 5) is 52.9. The maximum Gasteiger partial charge on any atom is 0.338 e. The highest BCUT2D eigenvalue weighted by molar-refractivity contribution is 7.11. The van der Waals surface area contributed by atoms with Gasteiger partial charge in [0.25, 0.3) is 0 Å². The summed E-state index contributed by atoms with van der Waals surface area (Å²) in [6.45, 7) is 7.39. The van der Waals surface area contributed by atoms with Crippen LogP contribution in [0, 0.1) is 11.2 Å². The molecule has 0 aliphatic carbocycles. The maximum atomic E-state index is 13.9. The van der Waals surface area contributed by atoms with Crippen LogP contribution < -0.4 is 5.32 Å². The number of carboxylic acids is 1. The number of nitrogens with one attached hydrogen (secondary N) is 1. The molecule has 2 amide bonds. The molecule has 1 aromatic carbocycles. The second-order valence-electron chi connectivity index (χ2n) is 11.6. The average Bonchev–Trinajstić information content (AvgIpc) is 3.54. The molecule has 4 heterocycles. The molecule has 2 aromatic rings. The van der Waals surface area contributed by atoms with E-state index in [9.17, 15) is 23.9 Å². The van der Waals surface area contributed by atoms with E-state index in [4.69, 9.17) is 21.3 Å². The number of rotatable bonds is 8. The SMILES string of the molecule is COC(=O)C1=C(CN2CCN3C(=O)N(CC(C)(C)C(=O)O)C[C@]3(C)C2)NC(c2nccs2)=N[C@H]1c1ccc(F)cc1Cl. The van der Waals surface area contributed by atoms with Crippen LogP contribution in [0.3, 0.4) is 0 Å². The minimum atomic E-state index is -1.09. The van der Waals surface area contributed by atoms with Gasteiger partial charge < -0.3 is 25.0 Å². The van der Waals surface area contributed by atoms with Gasteiger partial charge in [-0.1, -0.05) is 17.7 Å². The van der Waals surface area contributed by atoms with Crippen LogP contribution in [0.2, 0.25) is 5.02 Å². The van der Waals surface area contributed by atoms with Gasteiger partial charge >= 0.3 is 18.0 Å². The van der Waals surface area contributed by atoms with Crippen molar-refractivity contribution in [2.75, 3.05) is 46.4 Å². The molecule has 2 atom stereocenters. The van der Waals surface area contributed by atoms with E-state index in [1.807, 2.05) is 12.3 Å². The molecule has 1 aromatic heterocycles. The number of urea groups is 1. The number of amides is 2. The van der Waals surface area contributed by atoms with Gasteiger partial charge in [0, 0.05) is 67.1 Å². The van der Waals surface area contributed by atoms with E-state index in [-0.39, 0.29) is 23.2 Å². The molecular formula is C28H32ClFN6O5S. The number of carboxylic acid groups (broad SMARTS) is 1. The second-order valence-corrected chi connectivity index (χ2v) is 12.9. The quantitative estimate of drug-likeness (QED) is 0.431. The summed E-state index contributed by atoms with van der Waals surface area (Å²) >= 11 is 7.83. The molecule has 224 valence electrons. The lowest BCUT2D eigenvalue weighted by atomic mass is 9.92. The number of amidine groups is 1. The normalized spacial score (nSPS) is 23.0. The molecule has 5 rings (SSSR count). The maximum absolute atomic E-state index is 13.9. The minimum absolute atomic E-state index is 0.0974. The van der Waals surface area contributed by atoms with Gasteiger partial charge in [0.1, 0.15) is 11.9 Å². The lowest BCUT2D eigenvalue weighted by molar-refractivity contribution is -0.147. The summed E-state index contributed by atoms with van der Waals surface area (Å²) in [7, 11) is 1.29. The lowest BCUT2D eigenvalue weighted by Gasteiger charge is -2.44. The van der Waals surface area contributed by atoms with Gasteiger partial charge in [-0.2, -0.15) is 0 Å². The van der Waals surface area contributed by atoms with E-state index in [0.717, 1.165) is 0 Å². The van der Waals surface area contributed by atoms with Crippen LogP contribution in [-0.4, -0.2) is 101 Å². The van der Waals surface area contributed by atoms with Crippen LogP contribution in [0.15, 0.2) is 46.0 Å². The summed E-state index contributed by atoms with van der Waals surface area (Å²) in [6.07, 6.45) is 1.65. The van der Waals surface area contributed by atoms with Gasteiger partial charge in [0.05, 0.1) is 23.6 Å². The Kier molecular flexibility index (Phi) is 8.03. The van der Waals surface area contributed by atoms with Gasteiger partial charge in [-0.3, -0.25) is 14.7 Å². The highest BCUT2D eigenvalue weighted by Gasteiger charge is 2.51. The van der Waals surface area contributed by atoms with Crippen molar-refractivity contribution in [2.24, 2.45) is 10.4 Å². The zero-order valence-corrected chi connectivity index (χ0v) is 25.3. The third kappa shape index (κ3) is 5.60. The second kappa shape index (κ2) is 11.3. The first kappa shape index (κ1) is 29.9. The summed E-state index contributed by atoms with van der Waals surface area (Å²) in [6, 6.07) is 2.90. The standard InChI is InChI=1S/C28H32ClFN6O5S/c1-27(2,25(38)39)13-35-15-28(3)14-34(8-9-36(28)26(35)40)12-19-20(24(37)41-4)21(17-6-5-16(30)11-18(17)29)33-22(32-19)23-31-7-10-42-23/h5-7,10-11,21H,8-9,12-15H2,1-4H3,(H,32,33)(H,38,39)/t21-,28-/m0/s1. The van der Waals surface area contributed by atoms with Crippen molar-refractivity contribution in [3.63, 3.8) is 0 Å². The smallest absolute Gasteiger partial charge is 0.338 e. The Bertz CT molecular complexity index is 1480. The molecule has 2 fully saturated rings. The zero-order valence-electron chi connectivity index (χ0n) is 23.7. The summed E-state index contributed by atoms with van der Waals surface area (Å²) < 4.78 is 19.1. The van der Waals surface area contributed by atoms with Crippen LogP contribution >= 0.6 is 22.9 Å². The number of esters is 1. The molecular weight excluding hydrogens is 587 g/mol. The van der Waals surface area contributed by atoms with Crippen molar-refractivity contribution in [1.29, 1.82) is 0 Å². The largest absolute Gasteiger partial charge is 0.481 e. The Labute approximate surface area is 251 Å². The van der Waals surface area contributed by atoms with Crippen molar-refractivity contribution in [2.45, 2.75) is 32.4 Å². The van der Waals surface area contributed by atoms with Crippen LogP contribution in [-0.2, 0) is 14.3 Å². The molecule has 3 aliphatic heterocycles. The number of benzene rings is 1. The minimum Gasteiger partial charge on any atom is -0.481 e. The van der Waals surface area contributed by atoms with Crippen molar-refractivity contribution in [3.05, 3.63) is 62.5 Å². The van der Waals surface area contributed by atoms with E-state index >= 15 is 0 Å². The Morgan fingerprint density at radius 2 is 2.07 bits per heavy atom. The summed E-state index contributed by atoms with van der Waals surface area (Å²) in [5.41, 5.74) is -0.434. The number of ether oxygens (including phenoxy) is 1. The van der Waals surface area contributed by atoms with Gasteiger partial charge in [-0.25, -0.2) is 19.0 Å². The number of methoxy groups -OCH3 is 1. The topological polar surface area (TPSA) is 128 Å². The first-order valence-electron chi connectivity index (χ1n) is 13.4. The monoisotopic (exact) mass is 618 g/mol. The molecule has 2 N–H and O–H groups in total. The van der Waals surface area contributed by atoms with Crippen LogP contribution in [0.25, 0.3) is 0 Å². The lowest BCUT2D eigenvalue weighted by Crippen LogP contribution is -2.60. The zero-order chi connectivity index (χ0) is 30.4. The molecule has 0 radical (unpaired) electrons. The van der Waals surface area contributed by atoms with Gasteiger partial charge in [0.15, 0.2) is 10.8 Å². The molecule has 0 spiro atoms. The first-order chi connectivity index (χ1) is 19.8. The molecule has 11 nitrogen and oxygen atoms in total. The van der Waals surface area contributed by atoms with Crippen molar-refractivity contribution in [1.82, 2.24) is 25.0 Å². The third-order valence-corrected chi connectivity index (χ3v) is 8.97. The Balaban J connectivity index is 1.47. The Hall–Kier alpha value is -3.55. The number of aliphatic carboxylic acids is 1. The van der Waals surface area contributed by atoms with Gasteiger partial charge in [-0.05, 0) is 32.9 Å². The number of thiazole rings is 1. The van der Waals surface area contributed by atoms with Crippen LogP contribution in [0.4, 0.5) is 9.18 Å². The van der Waals surface area contributed by atoms with E-state index in [2.05, 4.69) is 15.2 Å². The molecule has 0 bridgehead atoms. The number of carbonyl (C=O) groups excluding carboxylic acids is 2. The van der Waals surface area contributed by atoms with E-state index < -0.39 is 34.8 Å². The number of aliphatic imine (C=N–C) groups is 1. The Morgan fingerprint density at radius 1 is 1.31 bits per heavy atom. The van der Waals surface area contributed by atoms with Crippen molar-refractivity contribution in [3.8, 4) is 0 Å². The molecule has 14 heteroatoms. The van der Waals surface area contributed by atoms with Crippen LogP contribution in [0.5, 0.6) is 0 Å². The number of piperazine rings is 1. The molecule has 0 saturated carbocycles. The first-order valence-corrected chi connectivity index (χ1v) is 14.6. The predicted octanol–water partition coefficient (Wildman–Crippen LogP) is 3.38. The highest BCUT2D eigenvalue weighted by atomic mass is 35.5. The van der Waals surface area contributed by atoms with E-state index in [1.165, 1.54) is 36.6 Å². The third-order valence-electron chi connectivity index (χ3n) is 7.86. The fourth-order valence-electron chi connectivity index (χ4n) is 5.76. The highest BCUT2D eigenvalue weighted by Crippen LogP contribution is 2.38. The fraction of sp³-hybridized carbons (Fsp3) is 0.464. The number of hydrogen-bond acceptors (Lipinski definition) is 9. The number of aromatic nitrogens is 1. The number of carbonyl (C=O) groups is 3. The number of nitrogens with zero attached hydrogens (tertiary/aromatic N) is 5. The summed E-state index contributed by atoms with van der Waals surface area (Å²) in [5.74, 6) is -1.64. The average molecular weight is 619 g/mol. The van der Waals surface area contributed by atoms with Gasteiger partial charge in [-0.15, -0.1) is 11.3 Å². The predicted molar refractivity (Wildman–Crippen MR) is 155 cm³/mol. The molecule has 3 aliphatic rings. The van der Waals surface area contributed by atoms with Gasteiger partial charge in [0.2, 0.25) is 0 Å². The summed E-state index contributed by atoms with van der Waals surface area (Å²) in [5, 5.41) is 15.4. The van der Waals surface area contributed by atoms with Crippen molar-refractivity contribution >= 4 is 46.7 Å². The molecule has 2 saturated heterocycles. The van der Waals surface area contributed by atoms with Crippen molar-refractivity contribution < 1.29 is 28.6 Å². The van der Waals surface area contributed by atoms with E-state index in [0.29, 0.717) is 54.8 Å². The fourth-order valence-corrected chi connectivity index (χ4v) is 6.62. The van der Waals surface area contributed by atoms with E-state index in [1.54, 1.807) is 29.8 Å². The number of fused-ring (bicyclic) bond motifs is 1. The molecule has 42 heavy (non-hydrogen) atoms. The number of halogens is 2. The van der Waals surface area contributed by atoms with Crippen LogP contribution in [0.1, 0.15) is 37.4 Å². The molecule has 0 unspecified atom stereocenters. The Morgan fingerprint density at radius 3 is 2.71 bits per heavy atom. The number of hydrogen-bond donors (Lipinski definition) is 2.